The second-order valence-corrected chi connectivity index (χ2v) is 4.40. The van der Waals surface area contributed by atoms with Crippen molar-refractivity contribution in [3.63, 3.8) is 0 Å². The van der Waals surface area contributed by atoms with Crippen LogP contribution in [0.3, 0.4) is 0 Å². The molecule has 0 unspecified atom stereocenters. The van der Waals surface area contributed by atoms with Crippen LogP contribution in [-0.2, 0) is 9.53 Å². The molecule has 0 saturated carbocycles. The van der Waals surface area contributed by atoms with Crippen molar-refractivity contribution in [2.45, 2.75) is 19.8 Å². The molecule has 1 aromatic carbocycles. The lowest BCUT2D eigenvalue weighted by Gasteiger charge is -2.17. The summed E-state index contributed by atoms with van der Waals surface area (Å²) >= 11 is 0. The number of nitrogens with one attached hydrogen (secondary N) is 1. The lowest BCUT2D eigenvalue weighted by Crippen LogP contribution is -2.18. The first-order chi connectivity index (χ1) is 8.79. The molecule has 0 radical (unpaired) electrons. The van der Waals surface area contributed by atoms with Crippen LogP contribution in [-0.4, -0.2) is 32.2 Å². The molecule has 0 atom stereocenters. The molecule has 4 nitrogen and oxygen atoms in total. The number of hydrogen-bond donors (Lipinski definition) is 1. The number of rotatable bonds is 5. The highest BCUT2D eigenvalue weighted by Crippen LogP contribution is 2.21. The number of esters is 1. The van der Waals surface area contributed by atoms with Gasteiger partial charge in [-0.3, -0.25) is 4.79 Å². The second-order valence-electron chi connectivity index (χ2n) is 4.40. The van der Waals surface area contributed by atoms with Gasteiger partial charge in [-0.15, -0.1) is 0 Å². The third-order valence-electron chi connectivity index (χ3n) is 3.08. The Morgan fingerprint density at radius 3 is 2.56 bits per heavy atom. The number of carbonyl (C=O) groups is 1. The molecular formula is C14H20N2O2. The number of ether oxygens (including phenoxy) is 1. The summed E-state index contributed by atoms with van der Waals surface area (Å²) in [5, 5.41) is 3.05. The minimum Gasteiger partial charge on any atom is -0.465 e. The molecule has 1 N–H and O–H groups in total. The van der Waals surface area contributed by atoms with Crippen LogP contribution in [0.25, 0.3) is 0 Å². The summed E-state index contributed by atoms with van der Waals surface area (Å²) in [5.74, 6) is -0.221. The Morgan fingerprint density at radius 2 is 1.94 bits per heavy atom. The Hall–Kier alpha value is -1.71. The molecule has 0 aliphatic carbocycles. The maximum atomic E-state index is 11.2. The first-order valence-corrected chi connectivity index (χ1v) is 6.54. The number of nitrogens with zero attached hydrogens (tertiary/aromatic N) is 1. The third-order valence-corrected chi connectivity index (χ3v) is 3.08. The highest BCUT2D eigenvalue weighted by molar-refractivity contribution is 5.75. The van der Waals surface area contributed by atoms with E-state index in [0.717, 1.165) is 18.8 Å². The first-order valence-electron chi connectivity index (χ1n) is 6.54. The Kier molecular flexibility index (Phi) is 4.45. The van der Waals surface area contributed by atoms with Crippen molar-refractivity contribution in [2.75, 3.05) is 36.5 Å². The van der Waals surface area contributed by atoms with Gasteiger partial charge >= 0.3 is 5.97 Å². The van der Waals surface area contributed by atoms with Crippen molar-refractivity contribution in [1.29, 1.82) is 0 Å². The van der Waals surface area contributed by atoms with Gasteiger partial charge in [0.1, 0.15) is 6.54 Å². The van der Waals surface area contributed by atoms with Crippen LogP contribution in [0.15, 0.2) is 24.3 Å². The SMILES string of the molecule is CCOC(=O)CNc1ccc(N2CCCC2)cc1. The highest BCUT2D eigenvalue weighted by atomic mass is 16.5. The van der Waals surface area contributed by atoms with Crippen molar-refractivity contribution < 1.29 is 9.53 Å². The van der Waals surface area contributed by atoms with Crippen LogP contribution in [0.5, 0.6) is 0 Å². The Labute approximate surface area is 108 Å². The molecule has 1 fully saturated rings. The van der Waals surface area contributed by atoms with Crippen LogP contribution in [0.4, 0.5) is 11.4 Å². The predicted molar refractivity (Wildman–Crippen MR) is 73.0 cm³/mol. The van der Waals surface area contributed by atoms with Gasteiger partial charge in [0, 0.05) is 24.5 Å². The molecule has 1 saturated heterocycles. The first kappa shape index (κ1) is 12.7. The van der Waals surface area contributed by atoms with E-state index < -0.39 is 0 Å². The standard InChI is InChI=1S/C14H20N2O2/c1-2-18-14(17)11-15-12-5-7-13(8-6-12)16-9-3-4-10-16/h5-8,15H,2-4,9-11H2,1H3. The van der Waals surface area contributed by atoms with E-state index in [9.17, 15) is 4.79 Å². The summed E-state index contributed by atoms with van der Waals surface area (Å²) in [5.41, 5.74) is 2.21. The van der Waals surface area contributed by atoms with Gasteiger partial charge in [-0.05, 0) is 44.0 Å². The number of benzene rings is 1. The smallest absolute Gasteiger partial charge is 0.325 e. The molecule has 4 heteroatoms. The van der Waals surface area contributed by atoms with E-state index in [0.29, 0.717) is 6.61 Å². The Bertz CT molecular complexity index is 383. The van der Waals surface area contributed by atoms with Gasteiger partial charge in [0.25, 0.3) is 0 Å². The number of anilines is 2. The van der Waals surface area contributed by atoms with Crippen molar-refractivity contribution in [3.05, 3.63) is 24.3 Å². The van der Waals surface area contributed by atoms with Gasteiger partial charge in [0.15, 0.2) is 0 Å². The molecule has 0 amide bonds. The molecule has 0 spiro atoms. The summed E-state index contributed by atoms with van der Waals surface area (Å²) in [6, 6.07) is 8.21. The Balaban J connectivity index is 1.85. The fourth-order valence-corrected chi connectivity index (χ4v) is 2.15. The number of hydrogen-bond acceptors (Lipinski definition) is 4. The monoisotopic (exact) mass is 248 g/mol. The predicted octanol–water partition coefficient (Wildman–Crippen LogP) is 2.26. The number of carbonyl (C=O) groups excluding carboxylic acids is 1. The second kappa shape index (κ2) is 6.28. The van der Waals surface area contributed by atoms with Gasteiger partial charge in [-0.2, -0.15) is 0 Å². The summed E-state index contributed by atoms with van der Waals surface area (Å²) in [6.07, 6.45) is 2.56. The van der Waals surface area contributed by atoms with Crippen LogP contribution in [0.2, 0.25) is 0 Å². The molecule has 0 aromatic heterocycles. The van der Waals surface area contributed by atoms with E-state index in [4.69, 9.17) is 4.74 Å². The van der Waals surface area contributed by atoms with Gasteiger partial charge in [0.2, 0.25) is 0 Å². The summed E-state index contributed by atoms with van der Waals surface area (Å²) in [4.78, 5) is 13.6. The average molecular weight is 248 g/mol. The molecule has 1 aliphatic rings. The lowest BCUT2D eigenvalue weighted by atomic mass is 10.2. The maximum absolute atomic E-state index is 11.2. The van der Waals surface area contributed by atoms with E-state index in [-0.39, 0.29) is 12.5 Å². The van der Waals surface area contributed by atoms with Gasteiger partial charge in [0.05, 0.1) is 6.61 Å². The zero-order valence-electron chi connectivity index (χ0n) is 10.8. The minimum absolute atomic E-state index is 0.219. The summed E-state index contributed by atoms with van der Waals surface area (Å²) in [6.45, 7) is 4.75. The molecule has 1 heterocycles. The summed E-state index contributed by atoms with van der Waals surface area (Å²) < 4.78 is 4.86. The topological polar surface area (TPSA) is 41.6 Å². The van der Waals surface area contributed by atoms with E-state index in [1.165, 1.54) is 18.5 Å². The van der Waals surface area contributed by atoms with E-state index >= 15 is 0 Å². The van der Waals surface area contributed by atoms with Crippen LogP contribution < -0.4 is 10.2 Å². The molecule has 1 aromatic rings. The largest absolute Gasteiger partial charge is 0.465 e. The molecule has 18 heavy (non-hydrogen) atoms. The fourth-order valence-electron chi connectivity index (χ4n) is 2.15. The van der Waals surface area contributed by atoms with Crippen LogP contribution in [0.1, 0.15) is 19.8 Å². The van der Waals surface area contributed by atoms with E-state index in [1.807, 2.05) is 19.1 Å². The molecule has 0 bridgehead atoms. The van der Waals surface area contributed by atoms with Crippen LogP contribution >= 0.6 is 0 Å². The quantitative estimate of drug-likeness (QED) is 0.812. The van der Waals surface area contributed by atoms with Crippen molar-refractivity contribution in [1.82, 2.24) is 0 Å². The molecule has 1 aliphatic heterocycles. The van der Waals surface area contributed by atoms with E-state index in [2.05, 4.69) is 22.3 Å². The zero-order chi connectivity index (χ0) is 12.8. The van der Waals surface area contributed by atoms with Gasteiger partial charge < -0.3 is 15.0 Å². The molecular weight excluding hydrogens is 228 g/mol. The molecule has 2 rings (SSSR count). The normalized spacial score (nSPS) is 14.6. The Morgan fingerprint density at radius 1 is 1.28 bits per heavy atom. The minimum atomic E-state index is -0.221. The fraction of sp³-hybridized carbons (Fsp3) is 0.500. The molecule has 98 valence electrons. The van der Waals surface area contributed by atoms with Gasteiger partial charge in [-0.25, -0.2) is 0 Å². The van der Waals surface area contributed by atoms with Crippen molar-refractivity contribution >= 4 is 17.3 Å². The average Bonchev–Trinajstić information content (AvgIpc) is 2.91. The van der Waals surface area contributed by atoms with Crippen molar-refractivity contribution in [2.24, 2.45) is 0 Å². The van der Waals surface area contributed by atoms with Crippen molar-refractivity contribution in [3.8, 4) is 0 Å². The van der Waals surface area contributed by atoms with Crippen LogP contribution in [0, 0.1) is 0 Å². The highest BCUT2D eigenvalue weighted by Gasteiger charge is 2.11. The van der Waals surface area contributed by atoms with E-state index in [1.54, 1.807) is 0 Å². The zero-order valence-corrected chi connectivity index (χ0v) is 10.8. The lowest BCUT2D eigenvalue weighted by molar-refractivity contribution is -0.140. The third kappa shape index (κ3) is 3.39. The maximum Gasteiger partial charge on any atom is 0.325 e. The summed E-state index contributed by atoms with van der Waals surface area (Å²) in [7, 11) is 0. The van der Waals surface area contributed by atoms with Gasteiger partial charge in [-0.1, -0.05) is 0 Å².